The molecule has 2 aromatic carbocycles. The molecule has 0 aliphatic rings. The van der Waals surface area contributed by atoms with Crippen molar-refractivity contribution >= 4 is 17.9 Å². The van der Waals surface area contributed by atoms with E-state index in [2.05, 4.69) is 10.6 Å². The number of hydrogen-bond acceptors (Lipinski definition) is 3. The van der Waals surface area contributed by atoms with Crippen LogP contribution in [-0.4, -0.2) is 31.5 Å². The average Bonchev–Trinajstić information content (AvgIpc) is 2.68. The molecule has 1 unspecified atom stereocenters. The van der Waals surface area contributed by atoms with Gasteiger partial charge in [0.1, 0.15) is 17.6 Å². The lowest BCUT2D eigenvalue weighted by atomic mass is 10.1. The third kappa shape index (κ3) is 6.58. The van der Waals surface area contributed by atoms with E-state index < -0.39 is 6.04 Å². The van der Waals surface area contributed by atoms with E-state index in [-0.39, 0.29) is 17.6 Å². The van der Waals surface area contributed by atoms with Crippen LogP contribution in [0.15, 0.2) is 54.6 Å². The predicted octanol–water partition coefficient (Wildman–Crippen LogP) is 2.71. The highest BCUT2D eigenvalue weighted by molar-refractivity contribution is 5.95. The summed E-state index contributed by atoms with van der Waals surface area (Å²) in [6.45, 7) is 1.89. The maximum absolute atomic E-state index is 13.5. The molecule has 142 valence electrons. The van der Waals surface area contributed by atoms with E-state index in [1.807, 2.05) is 12.1 Å². The number of methoxy groups -OCH3 is 1. The van der Waals surface area contributed by atoms with Gasteiger partial charge in [0.2, 0.25) is 11.8 Å². The zero-order valence-electron chi connectivity index (χ0n) is 15.4. The van der Waals surface area contributed by atoms with Crippen LogP contribution in [0.5, 0.6) is 5.75 Å². The Bertz CT molecular complexity index is 803. The summed E-state index contributed by atoms with van der Waals surface area (Å²) >= 11 is 0. The number of benzene rings is 2. The summed E-state index contributed by atoms with van der Waals surface area (Å²) in [5.74, 6) is -0.255. The minimum atomic E-state index is -0.696. The molecule has 27 heavy (non-hydrogen) atoms. The van der Waals surface area contributed by atoms with Crippen LogP contribution in [0.25, 0.3) is 6.08 Å². The van der Waals surface area contributed by atoms with Crippen LogP contribution in [0.3, 0.4) is 0 Å². The monoisotopic (exact) mass is 370 g/mol. The molecule has 2 aromatic rings. The molecule has 5 nitrogen and oxygen atoms in total. The molecule has 0 saturated heterocycles. The Kier molecular flexibility index (Phi) is 7.55. The van der Waals surface area contributed by atoms with Crippen molar-refractivity contribution < 1.29 is 18.7 Å². The van der Waals surface area contributed by atoms with Crippen molar-refractivity contribution in [3.05, 3.63) is 71.6 Å². The van der Waals surface area contributed by atoms with Crippen molar-refractivity contribution in [3.63, 3.8) is 0 Å². The van der Waals surface area contributed by atoms with E-state index >= 15 is 0 Å². The highest BCUT2D eigenvalue weighted by Crippen LogP contribution is 2.12. The summed E-state index contributed by atoms with van der Waals surface area (Å²) in [7, 11) is 1.58. The Balaban J connectivity index is 1.76. The lowest BCUT2D eigenvalue weighted by Crippen LogP contribution is -2.44. The average molecular weight is 370 g/mol. The van der Waals surface area contributed by atoms with E-state index in [9.17, 15) is 14.0 Å². The topological polar surface area (TPSA) is 67.4 Å². The fraction of sp³-hybridized carbons (Fsp3) is 0.238. The van der Waals surface area contributed by atoms with E-state index in [0.717, 1.165) is 11.3 Å². The van der Waals surface area contributed by atoms with Gasteiger partial charge in [0.25, 0.3) is 0 Å². The number of carbonyl (C=O) groups excluding carboxylic acids is 2. The van der Waals surface area contributed by atoms with Gasteiger partial charge in [-0.15, -0.1) is 0 Å². The molecule has 6 heteroatoms. The first-order valence-corrected chi connectivity index (χ1v) is 8.63. The van der Waals surface area contributed by atoms with E-state index in [4.69, 9.17) is 4.74 Å². The summed E-state index contributed by atoms with van der Waals surface area (Å²) in [4.78, 5) is 24.0. The normalized spacial score (nSPS) is 11.8. The Morgan fingerprint density at radius 1 is 1.15 bits per heavy atom. The van der Waals surface area contributed by atoms with Gasteiger partial charge in [0.05, 0.1) is 7.11 Å². The van der Waals surface area contributed by atoms with E-state index in [0.29, 0.717) is 18.5 Å². The second-order valence-corrected chi connectivity index (χ2v) is 5.97. The first-order chi connectivity index (χ1) is 13.0. The summed E-state index contributed by atoms with van der Waals surface area (Å²) < 4.78 is 18.6. The van der Waals surface area contributed by atoms with Crippen LogP contribution in [0.4, 0.5) is 4.39 Å². The molecule has 0 spiro atoms. The van der Waals surface area contributed by atoms with Gasteiger partial charge in [-0.3, -0.25) is 9.59 Å². The highest BCUT2D eigenvalue weighted by Gasteiger charge is 2.13. The van der Waals surface area contributed by atoms with Crippen LogP contribution < -0.4 is 15.4 Å². The van der Waals surface area contributed by atoms with Crippen molar-refractivity contribution in [2.75, 3.05) is 13.7 Å². The second kappa shape index (κ2) is 10.1. The third-order valence-electron chi connectivity index (χ3n) is 3.95. The Morgan fingerprint density at radius 3 is 2.52 bits per heavy atom. The molecular formula is C21H23FN2O3. The quantitative estimate of drug-likeness (QED) is 0.702. The van der Waals surface area contributed by atoms with Gasteiger partial charge in [0, 0.05) is 12.6 Å². The van der Waals surface area contributed by atoms with Crippen molar-refractivity contribution in [3.8, 4) is 5.75 Å². The molecule has 0 aromatic heterocycles. The van der Waals surface area contributed by atoms with E-state index in [1.165, 1.54) is 12.1 Å². The van der Waals surface area contributed by atoms with Crippen molar-refractivity contribution in [1.29, 1.82) is 0 Å². The molecule has 2 N–H and O–H groups in total. The highest BCUT2D eigenvalue weighted by atomic mass is 19.1. The lowest BCUT2D eigenvalue weighted by Gasteiger charge is -2.13. The molecule has 2 rings (SSSR count). The minimum absolute atomic E-state index is 0.293. The van der Waals surface area contributed by atoms with Gasteiger partial charge < -0.3 is 15.4 Å². The molecule has 2 amide bonds. The third-order valence-corrected chi connectivity index (χ3v) is 3.95. The van der Waals surface area contributed by atoms with Crippen molar-refractivity contribution in [2.45, 2.75) is 19.4 Å². The van der Waals surface area contributed by atoms with Crippen molar-refractivity contribution in [2.24, 2.45) is 0 Å². The number of halogens is 1. The molecule has 1 atom stereocenters. The van der Waals surface area contributed by atoms with Crippen LogP contribution in [-0.2, 0) is 16.0 Å². The molecule has 0 aliphatic heterocycles. The first kappa shape index (κ1) is 20.2. The minimum Gasteiger partial charge on any atom is -0.497 e. The number of amides is 2. The van der Waals surface area contributed by atoms with Crippen LogP contribution in [0.2, 0.25) is 0 Å². The Labute approximate surface area is 158 Å². The fourth-order valence-corrected chi connectivity index (χ4v) is 2.39. The summed E-state index contributed by atoms with van der Waals surface area (Å²) in [6, 6.07) is 13.0. The zero-order valence-corrected chi connectivity index (χ0v) is 15.4. The maximum Gasteiger partial charge on any atom is 0.244 e. The molecule has 0 radical (unpaired) electrons. The largest absolute Gasteiger partial charge is 0.497 e. The molecule has 0 saturated carbocycles. The molecular weight excluding hydrogens is 347 g/mol. The Morgan fingerprint density at radius 2 is 1.85 bits per heavy atom. The number of nitrogens with one attached hydrogen (secondary N) is 2. The predicted molar refractivity (Wildman–Crippen MR) is 103 cm³/mol. The van der Waals surface area contributed by atoms with Gasteiger partial charge in [-0.1, -0.05) is 30.3 Å². The number of carbonyl (C=O) groups is 2. The molecule has 0 fully saturated rings. The second-order valence-electron chi connectivity index (χ2n) is 5.97. The number of rotatable bonds is 8. The zero-order chi connectivity index (χ0) is 19.6. The van der Waals surface area contributed by atoms with Crippen LogP contribution in [0.1, 0.15) is 18.1 Å². The van der Waals surface area contributed by atoms with Gasteiger partial charge in [0.15, 0.2) is 0 Å². The number of ether oxygens (including phenoxy) is 1. The van der Waals surface area contributed by atoms with Gasteiger partial charge >= 0.3 is 0 Å². The fourth-order valence-electron chi connectivity index (χ4n) is 2.39. The van der Waals surface area contributed by atoms with Gasteiger partial charge in [-0.25, -0.2) is 4.39 Å². The SMILES string of the molecule is COc1ccc(/C=C/C(=O)NC(C)C(=O)NCCc2ccccc2F)cc1. The smallest absolute Gasteiger partial charge is 0.244 e. The van der Waals surface area contributed by atoms with Gasteiger partial charge in [-0.05, 0) is 48.7 Å². The summed E-state index contributed by atoms with van der Waals surface area (Å²) in [6.07, 6.45) is 3.40. The summed E-state index contributed by atoms with van der Waals surface area (Å²) in [5.41, 5.74) is 1.38. The Hall–Kier alpha value is -3.15. The van der Waals surface area contributed by atoms with Crippen LogP contribution in [0, 0.1) is 5.82 Å². The number of hydrogen-bond donors (Lipinski definition) is 2. The molecule has 0 bridgehead atoms. The van der Waals surface area contributed by atoms with Crippen LogP contribution >= 0.6 is 0 Å². The van der Waals surface area contributed by atoms with Gasteiger partial charge in [-0.2, -0.15) is 0 Å². The molecule has 0 aliphatic carbocycles. The summed E-state index contributed by atoms with van der Waals surface area (Å²) in [5, 5.41) is 5.29. The van der Waals surface area contributed by atoms with E-state index in [1.54, 1.807) is 50.4 Å². The standard InChI is InChI=1S/C21H23FN2O3/c1-15(21(26)23-14-13-17-5-3-4-6-19(17)22)24-20(25)12-9-16-7-10-18(27-2)11-8-16/h3-12,15H,13-14H2,1-2H3,(H,23,26)(H,24,25)/b12-9+. The lowest BCUT2D eigenvalue weighted by molar-refractivity contribution is -0.126. The molecule has 0 heterocycles. The van der Waals surface area contributed by atoms with Crippen molar-refractivity contribution in [1.82, 2.24) is 10.6 Å². The first-order valence-electron chi connectivity index (χ1n) is 8.63. The maximum atomic E-state index is 13.5.